The summed E-state index contributed by atoms with van der Waals surface area (Å²) in [6.07, 6.45) is 5.86. The minimum absolute atomic E-state index is 0.294. The normalized spacial score (nSPS) is 15.4. The summed E-state index contributed by atoms with van der Waals surface area (Å²) in [6.45, 7) is 0.505. The Bertz CT molecular complexity index is 1270. The Labute approximate surface area is 195 Å². The van der Waals surface area contributed by atoms with Gasteiger partial charge in [-0.3, -0.25) is 9.48 Å². The highest BCUT2D eigenvalue weighted by atomic mass is 35.5. The predicted molar refractivity (Wildman–Crippen MR) is 123 cm³/mol. The average Bonchev–Trinajstić information content (AvgIpc) is 3.43. The van der Waals surface area contributed by atoms with Crippen LogP contribution in [0.4, 0.5) is 5.69 Å². The molecule has 2 heterocycles. The van der Waals surface area contributed by atoms with E-state index in [2.05, 4.69) is 27.7 Å². The third-order valence-electron chi connectivity index (χ3n) is 5.75. The fourth-order valence-corrected chi connectivity index (χ4v) is 4.44. The molecule has 1 atom stereocenters. The summed E-state index contributed by atoms with van der Waals surface area (Å²) in [7, 11) is 0. The van der Waals surface area contributed by atoms with Gasteiger partial charge in [0.05, 0.1) is 28.5 Å². The van der Waals surface area contributed by atoms with Crippen LogP contribution in [-0.4, -0.2) is 20.8 Å². The van der Waals surface area contributed by atoms with Crippen molar-refractivity contribution in [1.29, 1.82) is 0 Å². The van der Waals surface area contributed by atoms with Gasteiger partial charge in [0, 0.05) is 18.2 Å². The topological polar surface area (TPSA) is 73.0 Å². The van der Waals surface area contributed by atoms with Crippen LogP contribution in [0.25, 0.3) is 0 Å². The number of amides is 1. The number of aryl methyl sites for hydroxylation is 1. The standard InChI is InChI=1S/C24H20Cl2N4O2/c25-20-8-6-15(10-21(20)26)13-30-14-18(12-27-30)28-24(31)23-19-11-17(7-9-22(19)32-29-23)16-4-2-1-3-5-16/h1-6,8,10,12,14,17H,7,9,11,13H2,(H,28,31). The maximum absolute atomic E-state index is 12.9. The lowest BCUT2D eigenvalue weighted by molar-refractivity contribution is 0.101. The van der Waals surface area contributed by atoms with Crippen LogP contribution < -0.4 is 5.32 Å². The van der Waals surface area contributed by atoms with Crippen LogP contribution in [0.5, 0.6) is 0 Å². The van der Waals surface area contributed by atoms with Crippen LogP contribution in [0.2, 0.25) is 10.0 Å². The van der Waals surface area contributed by atoms with E-state index < -0.39 is 0 Å². The Kier molecular flexibility index (Phi) is 5.72. The van der Waals surface area contributed by atoms with Gasteiger partial charge in [0.25, 0.3) is 5.91 Å². The second kappa shape index (κ2) is 8.81. The van der Waals surface area contributed by atoms with Crippen molar-refractivity contribution in [1.82, 2.24) is 14.9 Å². The molecule has 1 unspecified atom stereocenters. The number of carbonyl (C=O) groups excluding carboxylic acids is 1. The van der Waals surface area contributed by atoms with Crippen LogP contribution in [0.15, 0.2) is 65.4 Å². The highest BCUT2D eigenvalue weighted by Gasteiger charge is 2.29. The van der Waals surface area contributed by atoms with Gasteiger partial charge in [-0.15, -0.1) is 0 Å². The van der Waals surface area contributed by atoms with Gasteiger partial charge in [-0.25, -0.2) is 0 Å². The number of fused-ring (bicyclic) bond motifs is 1. The van der Waals surface area contributed by atoms with Crippen molar-refractivity contribution in [3.05, 3.63) is 99.1 Å². The monoisotopic (exact) mass is 466 g/mol. The number of hydrogen-bond acceptors (Lipinski definition) is 4. The second-order valence-electron chi connectivity index (χ2n) is 7.91. The molecule has 5 rings (SSSR count). The summed E-state index contributed by atoms with van der Waals surface area (Å²) in [4.78, 5) is 12.9. The Morgan fingerprint density at radius 1 is 1.16 bits per heavy atom. The first kappa shape index (κ1) is 20.8. The largest absolute Gasteiger partial charge is 0.360 e. The summed E-state index contributed by atoms with van der Waals surface area (Å²) in [5, 5.41) is 12.3. The summed E-state index contributed by atoms with van der Waals surface area (Å²) >= 11 is 12.1. The number of nitrogens with zero attached hydrogens (tertiary/aromatic N) is 3. The molecule has 2 aromatic carbocycles. The van der Waals surface area contributed by atoms with Crippen molar-refractivity contribution in [3.8, 4) is 0 Å². The molecule has 8 heteroatoms. The first-order chi connectivity index (χ1) is 15.6. The fraction of sp³-hybridized carbons (Fsp3) is 0.208. The molecule has 0 aliphatic heterocycles. The maximum Gasteiger partial charge on any atom is 0.278 e. The van der Waals surface area contributed by atoms with E-state index in [1.807, 2.05) is 24.3 Å². The molecule has 0 saturated heterocycles. The summed E-state index contributed by atoms with van der Waals surface area (Å²) in [6, 6.07) is 15.8. The predicted octanol–water partition coefficient (Wildman–Crippen LogP) is 5.75. The molecule has 0 saturated carbocycles. The molecule has 0 spiro atoms. The molecule has 0 radical (unpaired) electrons. The van der Waals surface area contributed by atoms with Gasteiger partial charge < -0.3 is 9.84 Å². The molecule has 162 valence electrons. The lowest BCUT2D eigenvalue weighted by Crippen LogP contribution is -2.18. The summed E-state index contributed by atoms with van der Waals surface area (Å²) < 4.78 is 7.20. The third kappa shape index (κ3) is 4.29. The lowest BCUT2D eigenvalue weighted by atomic mass is 9.82. The zero-order chi connectivity index (χ0) is 22.1. The minimum atomic E-state index is -0.294. The Morgan fingerprint density at radius 3 is 2.81 bits per heavy atom. The Balaban J connectivity index is 1.28. The zero-order valence-electron chi connectivity index (χ0n) is 17.1. The molecule has 0 bridgehead atoms. The number of halogens is 2. The molecule has 1 amide bonds. The molecule has 1 N–H and O–H groups in total. The van der Waals surface area contributed by atoms with Crippen molar-refractivity contribution in [3.63, 3.8) is 0 Å². The molecule has 1 aliphatic rings. The van der Waals surface area contributed by atoms with Crippen LogP contribution in [0.3, 0.4) is 0 Å². The van der Waals surface area contributed by atoms with Crippen LogP contribution in [-0.2, 0) is 19.4 Å². The number of rotatable bonds is 5. The average molecular weight is 467 g/mol. The van der Waals surface area contributed by atoms with Gasteiger partial charge in [-0.05, 0) is 42.0 Å². The van der Waals surface area contributed by atoms with E-state index in [0.29, 0.717) is 33.9 Å². The van der Waals surface area contributed by atoms with Crippen LogP contribution in [0, 0.1) is 0 Å². The van der Waals surface area contributed by atoms with Gasteiger partial charge in [0.2, 0.25) is 0 Å². The van der Waals surface area contributed by atoms with Crippen molar-refractivity contribution in [2.75, 3.05) is 5.32 Å². The molecule has 4 aromatic rings. The first-order valence-electron chi connectivity index (χ1n) is 10.4. The Hall–Kier alpha value is -3.09. The molecule has 0 fully saturated rings. The highest BCUT2D eigenvalue weighted by molar-refractivity contribution is 6.42. The fourth-order valence-electron chi connectivity index (χ4n) is 4.12. The molecular weight excluding hydrogens is 447 g/mol. The summed E-state index contributed by atoms with van der Waals surface area (Å²) in [5.74, 6) is 0.860. The minimum Gasteiger partial charge on any atom is -0.360 e. The first-order valence-corrected chi connectivity index (χ1v) is 11.1. The zero-order valence-corrected chi connectivity index (χ0v) is 18.6. The number of nitrogens with one attached hydrogen (secondary N) is 1. The number of aromatic nitrogens is 3. The van der Waals surface area contributed by atoms with E-state index in [1.54, 1.807) is 29.2 Å². The van der Waals surface area contributed by atoms with Crippen molar-refractivity contribution in [2.24, 2.45) is 0 Å². The van der Waals surface area contributed by atoms with Gasteiger partial charge >= 0.3 is 0 Å². The van der Waals surface area contributed by atoms with E-state index in [4.69, 9.17) is 27.7 Å². The van der Waals surface area contributed by atoms with E-state index in [0.717, 1.165) is 36.1 Å². The number of benzene rings is 2. The third-order valence-corrected chi connectivity index (χ3v) is 6.48. The van der Waals surface area contributed by atoms with E-state index >= 15 is 0 Å². The molecule has 2 aromatic heterocycles. The van der Waals surface area contributed by atoms with Crippen molar-refractivity contribution < 1.29 is 9.32 Å². The van der Waals surface area contributed by atoms with E-state index in [1.165, 1.54) is 5.56 Å². The van der Waals surface area contributed by atoms with Crippen molar-refractivity contribution >= 4 is 34.8 Å². The number of carbonyl (C=O) groups is 1. The number of hydrogen-bond donors (Lipinski definition) is 1. The van der Waals surface area contributed by atoms with E-state index in [9.17, 15) is 4.79 Å². The quantitative estimate of drug-likeness (QED) is 0.406. The smallest absolute Gasteiger partial charge is 0.278 e. The van der Waals surface area contributed by atoms with Gasteiger partial charge in [-0.2, -0.15) is 5.10 Å². The number of anilines is 1. The maximum atomic E-state index is 12.9. The van der Waals surface area contributed by atoms with Crippen molar-refractivity contribution in [2.45, 2.75) is 31.7 Å². The lowest BCUT2D eigenvalue weighted by Gasteiger charge is -2.21. The molecule has 32 heavy (non-hydrogen) atoms. The van der Waals surface area contributed by atoms with Gasteiger partial charge in [0.15, 0.2) is 5.69 Å². The SMILES string of the molecule is O=C(Nc1cnn(Cc2ccc(Cl)c(Cl)c2)c1)c1noc2c1CC(c1ccccc1)CC2. The second-order valence-corrected chi connectivity index (χ2v) is 8.73. The van der Waals surface area contributed by atoms with Gasteiger partial charge in [-0.1, -0.05) is 64.8 Å². The van der Waals surface area contributed by atoms with Crippen LogP contribution in [0.1, 0.15) is 45.3 Å². The molecular formula is C24H20Cl2N4O2. The van der Waals surface area contributed by atoms with E-state index in [-0.39, 0.29) is 5.91 Å². The summed E-state index contributed by atoms with van der Waals surface area (Å²) in [5.41, 5.74) is 4.05. The van der Waals surface area contributed by atoms with Gasteiger partial charge in [0.1, 0.15) is 5.76 Å². The Morgan fingerprint density at radius 2 is 2.00 bits per heavy atom. The highest BCUT2D eigenvalue weighted by Crippen LogP contribution is 2.34. The van der Waals surface area contributed by atoms with Crippen LogP contribution >= 0.6 is 23.2 Å². The molecule has 1 aliphatic carbocycles. The molecule has 6 nitrogen and oxygen atoms in total.